The van der Waals surface area contributed by atoms with Crippen LogP contribution < -0.4 is 0 Å². The molecule has 0 aromatic rings. The van der Waals surface area contributed by atoms with E-state index < -0.39 is 8.07 Å². The van der Waals surface area contributed by atoms with Crippen molar-refractivity contribution in [3.63, 3.8) is 0 Å². The summed E-state index contributed by atoms with van der Waals surface area (Å²) in [6, 6.07) is 1.02. The van der Waals surface area contributed by atoms with E-state index in [9.17, 15) is 9.59 Å². The van der Waals surface area contributed by atoms with Gasteiger partial charge in [-0.3, -0.25) is 9.59 Å². The second-order valence-electron chi connectivity index (χ2n) is 6.65. The molecular weight excluding hydrogens is 258 g/mol. The fourth-order valence-corrected chi connectivity index (χ4v) is 4.09. The van der Waals surface area contributed by atoms with E-state index in [-0.39, 0.29) is 24.3 Å². The number of nitrogens with zero attached hydrogens (tertiary/aromatic N) is 1. The molecule has 0 bridgehead atoms. The third-order valence-electron chi connectivity index (χ3n) is 3.15. The molecule has 0 saturated carbocycles. The molecule has 0 radical (unpaired) electrons. The summed E-state index contributed by atoms with van der Waals surface area (Å²) in [7, 11) is 0.0796. The Kier molecular flexibility index (Phi) is 4.96. The van der Waals surface area contributed by atoms with Crippen molar-refractivity contribution in [3.05, 3.63) is 11.1 Å². The van der Waals surface area contributed by atoms with Crippen LogP contribution in [-0.2, 0) is 14.3 Å². The quantitative estimate of drug-likeness (QED) is 0.574. The summed E-state index contributed by atoms with van der Waals surface area (Å²) in [5, 5.41) is 0. The average molecular weight is 283 g/mol. The number of ether oxygens (including phenoxy) is 1. The van der Waals surface area contributed by atoms with Gasteiger partial charge in [-0.05, 0) is 17.5 Å². The van der Waals surface area contributed by atoms with Gasteiger partial charge in [0.25, 0.3) is 5.91 Å². The van der Waals surface area contributed by atoms with Gasteiger partial charge in [0.1, 0.15) is 6.54 Å². The zero-order valence-corrected chi connectivity index (χ0v) is 13.9. The first-order chi connectivity index (χ1) is 8.65. The van der Waals surface area contributed by atoms with Crippen LogP contribution in [0.15, 0.2) is 11.1 Å². The molecule has 0 spiro atoms. The van der Waals surface area contributed by atoms with Crippen molar-refractivity contribution in [1.29, 1.82) is 0 Å². The maximum absolute atomic E-state index is 12.4. The lowest BCUT2D eigenvalue weighted by molar-refractivity contribution is -0.145. The van der Waals surface area contributed by atoms with Gasteiger partial charge in [0.05, 0.1) is 7.11 Å². The Balaban J connectivity index is 2.92. The summed E-state index contributed by atoms with van der Waals surface area (Å²) >= 11 is 0. The zero-order chi connectivity index (χ0) is 14.8. The van der Waals surface area contributed by atoms with Crippen LogP contribution >= 0.6 is 0 Å². The van der Waals surface area contributed by atoms with Crippen LogP contribution in [-0.4, -0.2) is 45.0 Å². The molecule has 0 aromatic heterocycles. The van der Waals surface area contributed by atoms with Crippen molar-refractivity contribution in [2.75, 3.05) is 20.2 Å². The highest BCUT2D eigenvalue weighted by Gasteiger charge is 2.34. The normalized spacial score (nSPS) is 16.6. The molecule has 1 amide bonds. The number of methoxy groups -OCH3 is 1. The number of hydrogen-bond donors (Lipinski definition) is 0. The summed E-state index contributed by atoms with van der Waals surface area (Å²) in [5.74, 6) is -0.138. The summed E-state index contributed by atoms with van der Waals surface area (Å²) < 4.78 is 4.65. The van der Waals surface area contributed by atoms with E-state index in [1.54, 1.807) is 4.90 Å². The highest BCUT2D eigenvalue weighted by Crippen LogP contribution is 2.31. The molecule has 0 N–H and O–H groups in total. The number of hydrogen-bond acceptors (Lipinski definition) is 3. The third kappa shape index (κ3) is 4.20. The summed E-state index contributed by atoms with van der Waals surface area (Å²) in [4.78, 5) is 25.3. The standard InChI is InChI=1S/C14H25NO3Si/c1-10(2)13-11(9-19(4,5)6)7-15(14(13)17)8-12(16)18-3/h10H,7-9H2,1-6H3. The molecule has 1 rings (SSSR count). The van der Waals surface area contributed by atoms with Crippen molar-refractivity contribution in [2.45, 2.75) is 39.5 Å². The minimum absolute atomic E-state index is 0.00801. The van der Waals surface area contributed by atoms with Gasteiger partial charge in [0.15, 0.2) is 0 Å². The van der Waals surface area contributed by atoms with Gasteiger partial charge >= 0.3 is 5.97 Å². The van der Waals surface area contributed by atoms with Gasteiger partial charge in [0, 0.05) is 20.2 Å². The molecule has 1 aliphatic heterocycles. The Hall–Kier alpha value is -1.10. The lowest BCUT2D eigenvalue weighted by atomic mass is 10.00. The maximum atomic E-state index is 12.4. The Morgan fingerprint density at radius 2 is 1.95 bits per heavy atom. The number of carbonyl (C=O) groups is 2. The Labute approximate surface area is 116 Å². The predicted octanol–water partition coefficient (Wildman–Crippen LogP) is 2.29. The van der Waals surface area contributed by atoms with Crippen molar-refractivity contribution in [3.8, 4) is 0 Å². The number of esters is 1. The van der Waals surface area contributed by atoms with Crippen molar-refractivity contribution >= 4 is 20.0 Å². The van der Waals surface area contributed by atoms with E-state index in [1.807, 2.05) is 13.8 Å². The Bertz CT molecular complexity index is 407. The van der Waals surface area contributed by atoms with Gasteiger partial charge in [-0.15, -0.1) is 0 Å². The van der Waals surface area contributed by atoms with Gasteiger partial charge in [-0.2, -0.15) is 0 Å². The molecule has 0 saturated heterocycles. The molecular formula is C14H25NO3Si. The van der Waals surface area contributed by atoms with E-state index in [0.29, 0.717) is 6.54 Å². The minimum Gasteiger partial charge on any atom is -0.468 e. The molecule has 0 aromatic carbocycles. The molecule has 108 valence electrons. The Morgan fingerprint density at radius 1 is 1.37 bits per heavy atom. The minimum atomic E-state index is -1.27. The van der Waals surface area contributed by atoms with E-state index in [2.05, 4.69) is 24.4 Å². The van der Waals surface area contributed by atoms with E-state index in [0.717, 1.165) is 11.6 Å². The average Bonchev–Trinajstić information content (AvgIpc) is 2.52. The predicted molar refractivity (Wildman–Crippen MR) is 78.6 cm³/mol. The van der Waals surface area contributed by atoms with Gasteiger partial charge < -0.3 is 9.64 Å². The van der Waals surface area contributed by atoms with Gasteiger partial charge in [-0.1, -0.05) is 33.5 Å². The maximum Gasteiger partial charge on any atom is 0.325 e. The van der Waals surface area contributed by atoms with Crippen molar-refractivity contribution in [2.24, 2.45) is 5.92 Å². The Morgan fingerprint density at radius 3 is 2.37 bits per heavy atom. The van der Waals surface area contributed by atoms with Crippen LogP contribution in [0.25, 0.3) is 0 Å². The van der Waals surface area contributed by atoms with Crippen LogP contribution in [0.2, 0.25) is 25.7 Å². The van der Waals surface area contributed by atoms with E-state index in [1.165, 1.54) is 12.7 Å². The summed E-state index contributed by atoms with van der Waals surface area (Å²) in [5.41, 5.74) is 2.13. The van der Waals surface area contributed by atoms with Crippen LogP contribution in [0.5, 0.6) is 0 Å². The molecule has 0 fully saturated rings. The first-order valence-electron chi connectivity index (χ1n) is 6.73. The molecule has 1 heterocycles. The zero-order valence-electron chi connectivity index (χ0n) is 12.9. The second-order valence-corrected chi connectivity index (χ2v) is 12.1. The number of carbonyl (C=O) groups excluding carboxylic acids is 2. The topological polar surface area (TPSA) is 46.6 Å². The molecule has 5 heteroatoms. The van der Waals surface area contributed by atoms with Crippen LogP contribution in [0.1, 0.15) is 13.8 Å². The lowest BCUT2D eigenvalue weighted by Gasteiger charge is -2.19. The highest BCUT2D eigenvalue weighted by molar-refractivity contribution is 6.76. The number of rotatable bonds is 5. The molecule has 0 aliphatic carbocycles. The molecule has 19 heavy (non-hydrogen) atoms. The first-order valence-corrected chi connectivity index (χ1v) is 10.4. The lowest BCUT2D eigenvalue weighted by Crippen LogP contribution is -2.34. The van der Waals surface area contributed by atoms with Gasteiger partial charge in [-0.25, -0.2) is 0 Å². The van der Waals surface area contributed by atoms with E-state index >= 15 is 0 Å². The molecule has 0 unspecified atom stereocenters. The van der Waals surface area contributed by atoms with Crippen molar-refractivity contribution < 1.29 is 14.3 Å². The monoisotopic (exact) mass is 283 g/mol. The van der Waals surface area contributed by atoms with Crippen LogP contribution in [0, 0.1) is 5.92 Å². The molecule has 4 nitrogen and oxygen atoms in total. The van der Waals surface area contributed by atoms with E-state index in [4.69, 9.17) is 0 Å². The third-order valence-corrected chi connectivity index (χ3v) is 4.64. The summed E-state index contributed by atoms with van der Waals surface area (Å²) in [6.07, 6.45) is 0. The SMILES string of the molecule is COC(=O)CN1CC(C[Si](C)(C)C)=C(C(C)C)C1=O. The highest BCUT2D eigenvalue weighted by atomic mass is 28.3. The second kappa shape index (κ2) is 5.90. The van der Waals surface area contributed by atoms with Crippen molar-refractivity contribution in [1.82, 2.24) is 4.90 Å². The van der Waals surface area contributed by atoms with Crippen LogP contribution in [0.3, 0.4) is 0 Å². The fourth-order valence-electron chi connectivity index (χ4n) is 2.50. The smallest absolute Gasteiger partial charge is 0.325 e. The molecule has 0 atom stereocenters. The largest absolute Gasteiger partial charge is 0.468 e. The summed E-state index contributed by atoms with van der Waals surface area (Å²) in [6.45, 7) is 11.6. The first kappa shape index (κ1) is 16.0. The fraction of sp³-hybridized carbons (Fsp3) is 0.714. The number of amides is 1. The van der Waals surface area contributed by atoms with Gasteiger partial charge in [0.2, 0.25) is 0 Å². The van der Waals surface area contributed by atoms with Crippen LogP contribution in [0.4, 0.5) is 0 Å². The molecule has 1 aliphatic rings.